The summed E-state index contributed by atoms with van der Waals surface area (Å²) in [4.78, 5) is 20.4. The summed E-state index contributed by atoms with van der Waals surface area (Å²) < 4.78 is 8.00. The number of ether oxygens (including phenoxy) is 1. The van der Waals surface area contributed by atoms with Crippen LogP contribution in [0.25, 0.3) is 0 Å². The van der Waals surface area contributed by atoms with Crippen LogP contribution >= 0.6 is 23.2 Å². The molecule has 1 fully saturated rings. The molecule has 9 nitrogen and oxygen atoms in total. The molecule has 4 rings (SSSR count). The number of nitrogens with zero attached hydrogens (tertiary/aromatic N) is 5. The van der Waals surface area contributed by atoms with Gasteiger partial charge >= 0.3 is 0 Å². The summed E-state index contributed by atoms with van der Waals surface area (Å²) in [6.45, 7) is 4.02. The van der Waals surface area contributed by atoms with Crippen LogP contribution in [0.3, 0.4) is 0 Å². The number of piperidine rings is 1. The van der Waals surface area contributed by atoms with Crippen LogP contribution in [0.1, 0.15) is 55.0 Å². The van der Waals surface area contributed by atoms with Crippen molar-refractivity contribution < 1.29 is 9.53 Å². The molecular weight excluding hydrogens is 525 g/mol. The van der Waals surface area contributed by atoms with Crippen molar-refractivity contribution >= 4 is 40.5 Å². The van der Waals surface area contributed by atoms with E-state index in [-0.39, 0.29) is 17.7 Å². The fourth-order valence-corrected chi connectivity index (χ4v) is 5.25. The van der Waals surface area contributed by atoms with E-state index >= 15 is 0 Å². The molecule has 0 radical (unpaired) electrons. The third kappa shape index (κ3) is 6.46. The van der Waals surface area contributed by atoms with Crippen molar-refractivity contribution in [2.75, 3.05) is 39.5 Å². The standard InChI is InChI=1S/C27H33Cl2N7O2/c1-17(26-22(28)14-32-15-23(26)29)38-20-4-5-24(30)21(12-20)27(31)18-13-33-36(16-18)19-6-10-35(11-7-19)25(37)8-9-34(2)3/h4-5,12-17,19,31H,6-11,30H2,1-3H3/t17-/m1/s1. The number of halogens is 2. The number of carbonyl (C=O) groups is 1. The van der Waals surface area contributed by atoms with Crippen LogP contribution < -0.4 is 10.5 Å². The Morgan fingerprint density at radius 2 is 1.89 bits per heavy atom. The molecule has 1 amide bonds. The zero-order valence-corrected chi connectivity index (χ0v) is 23.3. The number of nitrogens with one attached hydrogen (secondary N) is 1. The number of pyridine rings is 1. The number of amides is 1. The van der Waals surface area contributed by atoms with Gasteiger partial charge in [-0.05, 0) is 52.1 Å². The maximum atomic E-state index is 12.4. The minimum Gasteiger partial charge on any atom is -0.486 e. The van der Waals surface area contributed by atoms with Gasteiger partial charge in [0.2, 0.25) is 5.91 Å². The van der Waals surface area contributed by atoms with E-state index in [1.54, 1.807) is 24.4 Å². The summed E-state index contributed by atoms with van der Waals surface area (Å²) in [6, 6.07) is 5.39. The Morgan fingerprint density at radius 3 is 2.55 bits per heavy atom. The Kier molecular flexibility index (Phi) is 8.91. The van der Waals surface area contributed by atoms with Crippen LogP contribution in [-0.4, -0.2) is 69.9 Å². The molecule has 1 aliphatic heterocycles. The number of benzene rings is 1. The number of nitrogen functional groups attached to an aromatic ring is 1. The maximum Gasteiger partial charge on any atom is 0.223 e. The van der Waals surface area contributed by atoms with Crippen LogP contribution in [0, 0.1) is 5.41 Å². The number of anilines is 1. The van der Waals surface area contributed by atoms with Gasteiger partial charge in [0.25, 0.3) is 0 Å². The summed E-state index contributed by atoms with van der Waals surface area (Å²) in [5.41, 5.74) is 8.80. The van der Waals surface area contributed by atoms with Crippen molar-refractivity contribution in [2.24, 2.45) is 0 Å². The Bertz CT molecular complexity index is 1280. The van der Waals surface area contributed by atoms with Crippen LogP contribution in [-0.2, 0) is 4.79 Å². The van der Waals surface area contributed by atoms with Gasteiger partial charge in [-0.25, -0.2) is 0 Å². The van der Waals surface area contributed by atoms with Crippen molar-refractivity contribution in [2.45, 2.75) is 38.3 Å². The molecule has 11 heteroatoms. The second-order valence-electron chi connectivity index (χ2n) is 9.78. The maximum absolute atomic E-state index is 12.4. The molecule has 3 heterocycles. The number of aromatic nitrogens is 3. The van der Waals surface area contributed by atoms with Crippen LogP contribution in [0.4, 0.5) is 5.69 Å². The molecule has 0 spiro atoms. The summed E-state index contributed by atoms with van der Waals surface area (Å²) >= 11 is 12.6. The van der Waals surface area contributed by atoms with Gasteiger partial charge in [-0.3, -0.25) is 19.9 Å². The Morgan fingerprint density at radius 1 is 1.21 bits per heavy atom. The molecule has 2 aromatic heterocycles. The fourth-order valence-electron chi connectivity index (χ4n) is 4.58. The highest BCUT2D eigenvalue weighted by molar-refractivity contribution is 6.35. The van der Waals surface area contributed by atoms with Gasteiger partial charge in [0.05, 0.1) is 28.0 Å². The Balaban J connectivity index is 1.42. The SMILES string of the molecule is C[C@@H](Oc1ccc(N)c(C(=N)c2cnn(C3CCN(C(=O)CCN(C)C)CC3)c2)c1)c1c(Cl)cncc1Cl. The average molecular weight is 559 g/mol. The van der Waals surface area contributed by atoms with Crippen LogP contribution in [0.5, 0.6) is 5.75 Å². The van der Waals surface area contributed by atoms with E-state index in [2.05, 4.69) is 10.1 Å². The van der Waals surface area contributed by atoms with E-state index in [0.717, 1.165) is 19.4 Å². The molecule has 202 valence electrons. The average Bonchev–Trinajstić information content (AvgIpc) is 3.38. The lowest BCUT2D eigenvalue weighted by Gasteiger charge is -2.32. The third-order valence-corrected chi connectivity index (χ3v) is 7.36. The largest absolute Gasteiger partial charge is 0.486 e. The first-order chi connectivity index (χ1) is 18.1. The number of hydrogen-bond donors (Lipinski definition) is 2. The van der Waals surface area contributed by atoms with Gasteiger partial charge in [0.15, 0.2) is 0 Å². The summed E-state index contributed by atoms with van der Waals surface area (Å²) in [5.74, 6) is 0.731. The van der Waals surface area contributed by atoms with E-state index in [1.807, 2.05) is 41.7 Å². The molecule has 1 atom stereocenters. The normalized spacial score (nSPS) is 15.1. The summed E-state index contributed by atoms with van der Waals surface area (Å²) in [7, 11) is 3.94. The number of carbonyl (C=O) groups excluding carboxylic acids is 1. The molecule has 1 aliphatic rings. The van der Waals surface area contributed by atoms with Gasteiger partial charge in [-0.15, -0.1) is 0 Å². The van der Waals surface area contributed by atoms with Gasteiger partial charge in [0, 0.05) is 67.0 Å². The smallest absolute Gasteiger partial charge is 0.223 e. The van der Waals surface area contributed by atoms with E-state index < -0.39 is 6.10 Å². The summed E-state index contributed by atoms with van der Waals surface area (Å²) in [6.07, 6.45) is 8.36. The molecule has 0 unspecified atom stereocenters. The van der Waals surface area contributed by atoms with Gasteiger partial charge in [-0.1, -0.05) is 23.2 Å². The Labute approximate surface area is 233 Å². The predicted molar refractivity (Wildman–Crippen MR) is 150 cm³/mol. The van der Waals surface area contributed by atoms with Gasteiger partial charge in [-0.2, -0.15) is 5.10 Å². The minimum atomic E-state index is -0.438. The first-order valence-electron chi connectivity index (χ1n) is 12.5. The number of rotatable bonds is 9. The van der Waals surface area contributed by atoms with Crippen LogP contribution in [0.2, 0.25) is 10.0 Å². The van der Waals surface area contributed by atoms with Crippen molar-refractivity contribution in [3.8, 4) is 5.75 Å². The van der Waals surface area contributed by atoms with E-state index in [0.29, 0.717) is 57.7 Å². The van der Waals surface area contributed by atoms with Crippen molar-refractivity contribution in [1.29, 1.82) is 5.41 Å². The zero-order valence-electron chi connectivity index (χ0n) is 21.8. The molecule has 0 saturated carbocycles. The molecule has 0 bridgehead atoms. The second kappa shape index (κ2) is 12.1. The third-order valence-electron chi connectivity index (χ3n) is 6.76. The fraction of sp³-hybridized carbons (Fsp3) is 0.407. The van der Waals surface area contributed by atoms with Crippen molar-refractivity contribution in [1.82, 2.24) is 24.6 Å². The Hall–Kier alpha value is -3.14. The predicted octanol–water partition coefficient (Wildman–Crippen LogP) is 4.84. The number of nitrogens with two attached hydrogens (primary N) is 1. The molecule has 3 N–H and O–H groups in total. The molecule has 1 aromatic carbocycles. The lowest BCUT2D eigenvalue weighted by atomic mass is 10.0. The molecule has 3 aromatic rings. The number of likely N-dealkylation sites (tertiary alicyclic amines) is 1. The number of hydrogen-bond acceptors (Lipinski definition) is 7. The van der Waals surface area contributed by atoms with Crippen LogP contribution in [0.15, 0.2) is 43.0 Å². The van der Waals surface area contributed by atoms with E-state index in [4.69, 9.17) is 39.1 Å². The highest BCUT2D eigenvalue weighted by atomic mass is 35.5. The van der Waals surface area contributed by atoms with Gasteiger partial charge < -0.3 is 20.3 Å². The second-order valence-corrected chi connectivity index (χ2v) is 10.6. The lowest BCUT2D eigenvalue weighted by Crippen LogP contribution is -2.40. The quantitative estimate of drug-likeness (QED) is 0.287. The molecule has 38 heavy (non-hydrogen) atoms. The molecule has 0 aliphatic carbocycles. The minimum absolute atomic E-state index is 0.178. The monoisotopic (exact) mass is 557 g/mol. The highest BCUT2D eigenvalue weighted by Gasteiger charge is 2.25. The first-order valence-corrected chi connectivity index (χ1v) is 13.3. The molecule has 1 saturated heterocycles. The molecular formula is C27H33Cl2N7O2. The zero-order chi connectivity index (χ0) is 27.4. The highest BCUT2D eigenvalue weighted by Crippen LogP contribution is 2.33. The topological polar surface area (TPSA) is 113 Å². The van der Waals surface area contributed by atoms with Gasteiger partial charge in [0.1, 0.15) is 11.9 Å². The summed E-state index contributed by atoms with van der Waals surface area (Å²) in [5, 5.41) is 14.2. The van der Waals surface area contributed by atoms with E-state index in [9.17, 15) is 4.79 Å². The van der Waals surface area contributed by atoms with Crippen molar-refractivity contribution in [3.05, 3.63) is 69.7 Å². The van der Waals surface area contributed by atoms with E-state index in [1.165, 1.54) is 12.4 Å². The lowest BCUT2D eigenvalue weighted by molar-refractivity contribution is -0.132. The first kappa shape index (κ1) is 27.9. The van der Waals surface area contributed by atoms with Crippen molar-refractivity contribution in [3.63, 3.8) is 0 Å².